The Morgan fingerprint density at radius 2 is 1.81 bits per heavy atom. The van der Waals surface area contributed by atoms with Crippen molar-refractivity contribution in [3.8, 4) is 11.5 Å². The Morgan fingerprint density at radius 1 is 1.04 bits per heavy atom. The van der Waals surface area contributed by atoms with E-state index < -0.39 is 11.8 Å². The predicted octanol–water partition coefficient (Wildman–Crippen LogP) is 0.545. The lowest BCUT2D eigenvalue weighted by atomic mass is 10.2. The smallest absolute Gasteiger partial charge is 0.309 e. The molecule has 132 valence electrons. The van der Waals surface area contributed by atoms with Gasteiger partial charge in [0.05, 0.1) is 0 Å². The number of fused-ring (bicyclic) bond motifs is 2. The Hall–Kier alpha value is -3.69. The van der Waals surface area contributed by atoms with Crippen LogP contribution in [0.3, 0.4) is 0 Å². The molecule has 4 rings (SSSR count). The Morgan fingerprint density at radius 3 is 2.65 bits per heavy atom. The lowest BCUT2D eigenvalue weighted by Gasteiger charge is -2.06. The summed E-state index contributed by atoms with van der Waals surface area (Å²) in [5.41, 5.74) is 6.47. The minimum Gasteiger partial charge on any atom is -0.454 e. The highest BCUT2D eigenvalue weighted by Crippen LogP contribution is 2.32. The third kappa shape index (κ3) is 2.77. The summed E-state index contributed by atoms with van der Waals surface area (Å²) in [4.78, 5) is 32.7. The first-order chi connectivity index (χ1) is 12.5. The molecule has 10 heteroatoms. The highest BCUT2D eigenvalue weighted by atomic mass is 16.7. The highest BCUT2D eigenvalue weighted by molar-refractivity contribution is 5.98. The maximum Gasteiger partial charge on any atom is 0.309 e. The van der Waals surface area contributed by atoms with E-state index in [9.17, 15) is 9.59 Å². The molecule has 0 fully saturated rings. The van der Waals surface area contributed by atoms with Gasteiger partial charge in [0.15, 0.2) is 11.5 Å². The van der Waals surface area contributed by atoms with Crippen LogP contribution in [0.25, 0.3) is 5.78 Å². The van der Waals surface area contributed by atoms with Gasteiger partial charge in [0, 0.05) is 17.0 Å². The van der Waals surface area contributed by atoms with Crippen molar-refractivity contribution < 1.29 is 19.1 Å². The van der Waals surface area contributed by atoms with Crippen LogP contribution in [0.1, 0.15) is 32.4 Å². The summed E-state index contributed by atoms with van der Waals surface area (Å²) in [5, 5.41) is 4.09. The first kappa shape index (κ1) is 15.8. The van der Waals surface area contributed by atoms with E-state index >= 15 is 0 Å². The van der Waals surface area contributed by atoms with Gasteiger partial charge in [-0.1, -0.05) is 0 Å². The van der Waals surface area contributed by atoms with Crippen molar-refractivity contribution in [2.75, 3.05) is 6.79 Å². The number of nitrogens with one attached hydrogen (secondary N) is 2. The summed E-state index contributed by atoms with van der Waals surface area (Å²) in [6.07, 6.45) is 0. The van der Waals surface area contributed by atoms with Gasteiger partial charge in [-0.2, -0.15) is 4.98 Å². The molecule has 0 bridgehead atoms. The maximum absolute atomic E-state index is 12.2. The lowest BCUT2D eigenvalue weighted by Crippen LogP contribution is -2.42. The molecule has 10 nitrogen and oxygen atoms in total. The molecule has 2 amide bonds. The molecule has 0 atom stereocenters. The number of carbonyl (C=O) groups excluding carboxylic acids is 2. The van der Waals surface area contributed by atoms with Gasteiger partial charge in [0.25, 0.3) is 11.7 Å². The lowest BCUT2D eigenvalue weighted by molar-refractivity contribution is 0.0841. The SMILES string of the molecule is Cc1cc(C)n2nc(C(=O)NNC(=O)c3ccc4c(c3)OCO4)nc2n1. The third-order valence-corrected chi connectivity index (χ3v) is 3.75. The fourth-order valence-electron chi connectivity index (χ4n) is 2.54. The molecule has 3 aromatic rings. The van der Waals surface area contributed by atoms with Crippen LogP contribution in [-0.4, -0.2) is 38.2 Å². The minimum atomic E-state index is -0.651. The van der Waals surface area contributed by atoms with Crippen molar-refractivity contribution in [3.05, 3.63) is 47.0 Å². The number of rotatable bonds is 2. The van der Waals surface area contributed by atoms with Gasteiger partial charge in [0.1, 0.15) is 0 Å². The van der Waals surface area contributed by atoms with E-state index in [-0.39, 0.29) is 12.6 Å². The fourth-order valence-corrected chi connectivity index (χ4v) is 2.54. The summed E-state index contributed by atoms with van der Waals surface area (Å²) in [7, 11) is 0. The topological polar surface area (TPSA) is 120 Å². The Kier molecular flexibility index (Phi) is 3.64. The number of benzene rings is 1. The molecule has 0 radical (unpaired) electrons. The molecule has 1 aliphatic rings. The van der Waals surface area contributed by atoms with E-state index in [0.29, 0.717) is 22.8 Å². The van der Waals surface area contributed by atoms with Crippen molar-refractivity contribution in [2.45, 2.75) is 13.8 Å². The molecule has 2 N–H and O–H groups in total. The number of hydrogen-bond acceptors (Lipinski definition) is 7. The zero-order chi connectivity index (χ0) is 18.3. The Balaban J connectivity index is 1.47. The van der Waals surface area contributed by atoms with E-state index in [1.165, 1.54) is 10.6 Å². The molecular weight excluding hydrogens is 340 g/mol. The maximum atomic E-state index is 12.2. The normalized spacial score (nSPS) is 12.2. The van der Waals surface area contributed by atoms with E-state index in [2.05, 4.69) is 25.9 Å². The molecule has 1 aromatic carbocycles. The van der Waals surface area contributed by atoms with Gasteiger partial charge in [-0.05, 0) is 38.1 Å². The molecule has 0 spiro atoms. The monoisotopic (exact) mass is 354 g/mol. The van der Waals surface area contributed by atoms with Crippen LogP contribution in [0.15, 0.2) is 24.3 Å². The van der Waals surface area contributed by atoms with E-state index in [0.717, 1.165) is 11.4 Å². The van der Waals surface area contributed by atoms with Crippen LogP contribution in [0, 0.1) is 13.8 Å². The number of amides is 2. The number of nitrogens with zero attached hydrogens (tertiary/aromatic N) is 4. The summed E-state index contributed by atoms with van der Waals surface area (Å²) < 4.78 is 11.9. The van der Waals surface area contributed by atoms with Crippen LogP contribution in [0.2, 0.25) is 0 Å². The van der Waals surface area contributed by atoms with Gasteiger partial charge >= 0.3 is 5.91 Å². The molecule has 0 aliphatic carbocycles. The summed E-state index contributed by atoms with van der Waals surface area (Å²) in [6.45, 7) is 3.77. The van der Waals surface area contributed by atoms with Crippen LogP contribution in [-0.2, 0) is 0 Å². The number of ether oxygens (including phenoxy) is 2. The predicted molar refractivity (Wildman–Crippen MR) is 87.8 cm³/mol. The molecule has 0 unspecified atom stereocenters. The minimum absolute atomic E-state index is 0.0998. The fraction of sp³-hybridized carbons (Fsp3) is 0.188. The standard InChI is InChI=1S/C16H14N6O4/c1-8-5-9(2)22-16(17-8)18-13(21-22)15(24)20-19-14(23)10-3-4-11-12(6-10)26-7-25-11/h3-6H,7H2,1-2H3,(H,19,23)(H,20,24). The van der Waals surface area contributed by atoms with Crippen LogP contribution in [0.5, 0.6) is 11.5 Å². The largest absolute Gasteiger partial charge is 0.454 e. The molecule has 2 aromatic heterocycles. The number of aromatic nitrogens is 4. The van der Waals surface area contributed by atoms with Crippen LogP contribution >= 0.6 is 0 Å². The molecule has 0 saturated carbocycles. The van der Waals surface area contributed by atoms with Crippen molar-refractivity contribution in [1.82, 2.24) is 30.4 Å². The molecule has 1 aliphatic heterocycles. The van der Waals surface area contributed by atoms with Crippen molar-refractivity contribution in [3.63, 3.8) is 0 Å². The third-order valence-electron chi connectivity index (χ3n) is 3.75. The van der Waals surface area contributed by atoms with E-state index in [1.807, 2.05) is 19.9 Å². The Bertz CT molecular complexity index is 1040. The summed E-state index contributed by atoms with van der Waals surface area (Å²) in [5.74, 6) is 0.0970. The molecule has 0 saturated heterocycles. The van der Waals surface area contributed by atoms with Crippen molar-refractivity contribution >= 4 is 17.6 Å². The highest BCUT2D eigenvalue weighted by Gasteiger charge is 2.18. The molecule has 26 heavy (non-hydrogen) atoms. The van der Waals surface area contributed by atoms with E-state index in [4.69, 9.17) is 9.47 Å². The zero-order valence-corrected chi connectivity index (χ0v) is 13.9. The second kappa shape index (κ2) is 5.99. The zero-order valence-electron chi connectivity index (χ0n) is 13.9. The Labute approximate surface area is 147 Å². The molecule has 3 heterocycles. The summed E-state index contributed by atoms with van der Waals surface area (Å²) in [6, 6.07) is 6.54. The second-order valence-corrected chi connectivity index (χ2v) is 5.66. The number of hydrogen-bond donors (Lipinski definition) is 2. The average molecular weight is 354 g/mol. The first-order valence-electron chi connectivity index (χ1n) is 7.72. The number of aryl methyl sites for hydroxylation is 2. The van der Waals surface area contributed by atoms with Gasteiger partial charge in [-0.15, -0.1) is 5.10 Å². The van der Waals surface area contributed by atoms with E-state index in [1.54, 1.807) is 12.1 Å². The first-order valence-corrected chi connectivity index (χ1v) is 7.72. The van der Waals surface area contributed by atoms with Gasteiger partial charge < -0.3 is 9.47 Å². The van der Waals surface area contributed by atoms with Crippen molar-refractivity contribution in [2.24, 2.45) is 0 Å². The van der Waals surface area contributed by atoms with Crippen LogP contribution in [0.4, 0.5) is 0 Å². The van der Waals surface area contributed by atoms with Gasteiger partial charge in [-0.25, -0.2) is 9.50 Å². The average Bonchev–Trinajstić information content (AvgIpc) is 3.25. The number of hydrazine groups is 1. The summed E-state index contributed by atoms with van der Waals surface area (Å²) >= 11 is 0. The van der Waals surface area contributed by atoms with Crippen LogP contribution < -0.4 is 20.3 Å². The van der Waals surface area contributed by atoms with Crippen molar-refractivity contribution in [1.29, 1.82) is 0 Å². The van der Waals surface area contributed by atoms with Gasteiger partial charge in [-0.3, -0.25) is 20.4 Å². The second-order valence-electron chi connectivity index (χ2n) is 5.66. The quantitative estimate of drug-likeness (QED) is 0.645. The number of carbonyl (C=O) groups is 2. The van der Waals surface area contributed by atoms with Gasteiger partial charge in [0.2, 0.25) is 12.6 Å². The molecular formula is C16H14N6O4.